The maximum absolute atomic E-state index is 11.5. The second kappa shape index (κ2) is 7.68. The lowest BCUT2D eigenvalue weighted by Crippen LogP contribution is -2.29. The molecule has 0 aliphatic heterocycles. The minimum Gasteiger partial charge on any atom is -0.497 e. The van der Waals surface area contributed by atoms with Crippen molar-refractivity contribution < 1.29 is 19.4 Å². The predicted molar refractivity (Wildman–Crippen MR) is 89.3 cm³/mol. The van der Waals surface area contributed by atoms with Gasteiger partial charge in [-0.2, -0.15) is 0 Å². The molecule has 23 heavy (non-hydrogen) atoms. The van der Waals surface area contributed by atoms with Gasteiger partial charge in [-0.1, -0.05) is 38.1 Å². The Kier molecular flexibility index (Phi) is 5.63. The van der Waals surface area contributed by atoms with E-state index in [0.29, 0.717) is 23.8 Å². The third-order valence-electron chi connectivity index (χ3n) is 3.68. The predicted octanol–water partition coefficient (Wildman–Crippen LogP) is 3.89. The van der Waals surface area contributed by atoms with Crippen molar-refractivity contribution in [2.75, 3.05) is 7.11 Å². The Balaban J connectivity index is 2.07. The van der Waals surface area contributed by atoms with E-state index < -0.39 is 12.1 Å². The van der Waals surface area contributed by atoms with E-state index in [1.54, 1.807) is 31.4 Å². The van der Waals surface area contributed by atoms with Gasteiger partial charge in [0, 0.05) is 6.42 Å². The van der Waals surface area contributed by atoms with E-state index in [2.05, 4.69) is 13.8 Å². The van der Waals surface area contributed by atoms with Crippen LogP contribution in [0.1, 0.15) is 30.9 Å². The summed E-state index contributed by atoms with van der Waals surface area (Å²) in [5.74, 6) is 0.689. The normalized spacial score (nSPS) is 12.0. The molecule has 0 amide bonds. The van der Waals surface area contributed by atoms with Gasteiger partial charge in [0.1, 0.15) is 11.5 Å². The summed E-state index contributed by atoms with van der Waals surface area (Å²) in [5, 5.41) is 9.39. The fraction of sp³-hybridized carbons (Fsp3) is 0.316. The zero-order valence-corrected chi connectivity index (χ0v) is 13.7. The number of hydrogen-bond acceptors (Lipinski definition) is 3. The molecule has 0 fully saturated rings. The maximum atomic E-state index is 11.5. The van der Waals surface area contributed by atoms with Gasteiger partial charge in [-0.25, -0.2) is 4.79 Å². The monoisotopic (exact) mass is 314 g/mol. The van der Waals surface area contributed by atoms with Gasteiger partial charge < -0.3 is 14.6 Å². The molecule has 0 spiro atoms. The Labute approximate surface area is 136 Å². The van der Waals surface area contributed by atoms with Gasteiger partial charge in [-0.15, -0.1) is 0 Å². The molecule has 2 aromatic carbocycles. The second-order valence-corrected chi connectivity index (χ2v) is 5.72. The highest BCUT2D eigenvalue weighted by Gasteiger charge is 2.20. The summed E-state index contributed by atoms with van der Waals surface area (Å²) < 4.78 is 10.7. The lowest BCUT2D eigenvalue weighted by Gasteiger charge is -2.16. The molecule has 1 unspecified atom stereocenters. The van der Waals surface area contributed by atoms with Crippen molar-refractivity contribution in [3.8, 4) is 11.5 Å². The van der Waals surface area contributed by atoms with E-state index in [0.717, 1.165) is 5.56 Å². The van der Waals surface area contributed by atoms with Crippen LogP contribution in [0.2, 0.25) is 0 Å². The first-order valence-corrected chi connectivity index (χ1v) is 7.62. The van der Waals surface area contributed by atoms with E-state index in [-0.39, 0.29) is 0 Å². The van der Waals surface area contributed by atoms with Gasteiger partial charge in [0.15, 0.2) is 6.10 Å². The van der Waals surface area contributed by atoms with E-state index in [9.17, 15) is 9.90 Å². The summed E-state index contributed by atoms with van der Waals surface area (Å²) in [4.78, 5) is 11.5. The zero-order chi connectivity index (χ0) is 16.8. The molecule has 1 N–H and O–H groups in total. The van der Waals surface area contributed by atoms with Crippen molar-refractivity contribution in [1.82, 2.24) is 0 Å². The van der Waals surface area contributed by atoms with Gasteiger partial charge in [0.05, 0.1) is 7.11 Å². The second-order valence-electron chi connectivity index (χ2n) is 5.72. The summed E-state index contributed by atoms with van der Waals surface area (Å²) in [7, 11) is 1.58. The highest BCUT2D eigenvalue weighted by molar-refractivity contribution is 5.73. The van der Waals surface area contributed by atoms with E-state index in [4.69, 9.17) is 9.47 Å². The van der Waals surface area contributed by atoms with Gasteiger partial charge in [0.2, 0.25) is 0 Å². The molecule has 4 heteroatoms. The zero-order valence-electron chi connectivity index (χ0n) is 13.7. The molecule has 0 saturated carbocycles. The molecule has 4 nitrogen and oxygen atoms in total. The van der Waals surface area contributed by atoms with Crippen molar-refractivity contribution in [3.63, 3.8) is 0 Å². The Morgan fingerprint density at radius 3 is 2.04 bits per heavy atom. The average Bonchev–Trinajstić information content (AvgIpc) is 2.55. The number of methoxy groups -OCH3 is 1. The lowest BCUT2D eigenvalue weighted by molar-refractivity contribution is -0.145. The Morgan fingerprint density at radius 2 is 1.57 bits per heavy atom. The van der Waals surface area contributed by atoms with E-state index in [1.807, 2.05) is 24.3 Å². The molecule has 0 saturated heterocycles. The van der Waals surface area contributed by atoms with Crippen LogP contribution in [0, 0.1) is 0 Å². The average molecular weight is 314 g/mol. The van der Waals surface area contributed by atoms with Crippen LogP contribution in [0.25, 0.3) is 0 Å². The number of hydrogen-bond donors (Lipinski definition) is 1. The van der Waals surface area contributed by atoms with Crippen LogP contribution in [0.3, 0.4) is 0 Å². The molecule has 0 aliphatic carbocycles. The maximum Gasteiger partial charge on any atom is 0.345 e. The SMILES string of the molecule is COc1ccc(OC(Cc2ccc(C(C)C)cc2)C(=O)O)cc1. The molecular formula is C19H22O4. The summed E-state index contributed by atoms with van der Waals surface area (Å²) in [6.07, 6.45) is -0.604. The number of rotatable bonds is 7. The van der Waals surface area contributed by atoms with Crippen LogP contribution in [0.15, 0.2) is 48.5 Å². The minimum atomic E-state index is -0.978. The topological polar surface area (TPSA) is 55.8 Å². The molecular weight excluding hydrogens is 292 g/mol. The Hall–Kier alpha value is -2.49. The standard InChI is InChI=1S/C19H22O4/c1-13(2)15-6-4-14(5-7-15)12-18(19(20)21)23-17-10-8-16(22-3)9-11-17/h4-11,13,18H,12H2,1-3H3,(H,20,21). The number of ether oxygens (including phenoxy) is 2. The molecule has 1 atom stereocenters. The quantitative estimate of drug-likeness (QED) is 0.842. The molecule has 0 aromatic heterocycles. The lowest BCUT2D eigenvalue weighted by atomic mass is 10.00. The van der Waals surface area contributed by atoms with Crippen molar-refractivity contribution >= 4 is 5.97 Å². The molecule has 0 radical (unpaired) electrons. The van der Waals surface area contributed by atoms with Crippen LogP contribution in [0.5, 0.6) is 11.5 Å². The smallest absolute Gasteiger partial charge is 0.345 e. The molecule has 2 rings (SSSR count). The number of carboxylic acids is 1. The van der Waals surface area contributed by atoms with E-state index in [1.165, 1.54) is 5.56 Å². The molecule has 0 bridgehead atoms. The van der Waals surface area contributed by atoms with Gasteiger partial charge in [-0.3, -0.25) is 0 Å². The van der Waals surface area contributed by atoms with Crippen LogP contribution in [-0.4, -0.2) is 24.3 Å². The minimum absolute atomic E-state index is 0.319. The number of carboxylic acid groups (broad SMARTS) is 1. The highest BCUT2D eigenvalue weighted by Crippen LogP contribution is 2.20. The molecule has 0 aliphatic rings. The molecule has 0 heterocycles. The Bertz CT molecular complexity index is 629. The van der Waals surface area contributed by atoms with Crippen LogP contribution >= 0.6 is 0 Å². The molecule has 122 valence electrons. The number of benzene rings is 2. The molecule has 2 aromatic rings. The van der Waals surface area contributed by atoms with Gasteiger partial charge in [-0.05, 0) is 41.3 Å². The van der Waals surface area contributed by atoms with Crippen molar-refractivity contribution in [2.45, 2.75) is 32.3 Å². The summed E-state index contributed by atoms with van der Waals surface area (Å²) in [5.41, 5.74) is 2.17. The largest absolute Gasteiger partial charge is 0.497 e. The first-order chi connectivity index (χ1) is 11.0. The number of aliphatic carboxylic acids is 1. The third kappa shape index (κ3) is 4.74. The van der Waals surface area contributed by atoms with Gasteiger partial charge in [0.25, 0.3) is 0 Å². The summed E-state index contributed by atoms with van der Waals surface area (Å²) in [6.45, 7) is 4.25. The van der Waals surface area contributed by atoms with Crippen LogP contribution in [0.4, 0.5) is 0 Å². The summed E-state index contributed by atoms with van der Waals surface area (Å²) in [6, 6.07) is 14.9. The first-order valence-electron chi connectivity index (χ1n) is 7.62. The fourth-order valence-electron chi connectivity index (χ4n) is 2.25. The van der Waals surface area contributed by atoms with E-state index >= 15 is 0 Å². The van der Waals surface area contributed by atoms with Crippen molar-refractivity contribution in [1.29, 1.82) is 0 Å². The van der Waals surface area contributed by atoms with Crippen LogP contribution < -0.4 is 9.47 Å². The first kappa shape index (κ1) is 16.9. The van der Waals surface area contributed by atoms with Crippen LogP contribution in [-0.2, 0) is 11.2 Å². The van der Waals surface area contributed by atoms with Gasteiger partial charge >= 0.3 is 5.97 Å². The third-order valence-corrected chi connectivity index (χ3v) is 3.68. The summed E-state index contributed by atoms with van der Waals surface area (Å²) >= 11 is 0. The van der Waals surface area contributed by atoms with Crippen molar-refractivity contribution in [2.24, 2.45) is 0 Å². The number of carbonyl (C=O) groups is 1. The van der Waals surface area contributed by atoms with Crippen molar-refractivity contribution in [3.05, 3.63) is 59.7 Å². The highest BCUT2D eigenvalue weighted by atomic mass is 16.5. The fourth-order valence-corrected chi connectivity index (χ4v) is 2.25. The Morgan fingerprint density at radius 1 is 1.00 bits per heavy atom.